The molecule has 1 saturated heterocycles. The number of hydrogen-bond donors (Lipinski definition) is 2. The van der Waals surface area contributed by atoms with E-state index in [0.717, 1.165) is 32.6 Å². The molecule has 1 fully saturated rings. The lowest BCUT2D eigenvalue weighted by Gasteiger charge is -2.29. The fraction of sp³-hybridized carbons (Fsp3) is 0.462. The number of nitrogens with zero attached hydrogens (tertiary/aromatic N) is 1. The maximum absolute atomic E-state index is 11.8. The third-order valence-corrected chi connectivity index (χ3v) is 4.12. The number of nitrogens with two attached hydrogens (primary N) is 1. The van der Waals surface area contributed by atoms with Crippen LogP contribution in [-0.4, -0.2) is 37.0 Å². The molecule has 0 aliphatic carbocycles. The van der Waals surface area contributed by atoms with Crippen LogP contribution in [0.5, 0.6) is 0 Å². The summed E-state index contributed by atoms with van der Waals surface area (Å²) in [7, 11) is 0. The molecule has 1 atom stereocenters. The highest BCUT2D eigenvalue weighted by Crippen LogP contribution is 2.32. The Hall–Kier alpha value is -0.810. The van der Waals surface area contributed by atoms with Gasteiger partial charge in [-0.1, -0.05) is 35.3 Å². The van der Waals surface area contributed by atoms with E-state index in [9.17, 15) is 4.79 Å². The van der Waals surface area contributed by atoms with Crippen molar-refractivity contribution in [3.05, 3.63) is 33.8 Å². The van der Waals surface area contributed by atoms with Crippen LogP contribution < -0.4 is 11.1 Å². The van der Waals surface area contributed by atoms with E-state index in [2.05, 4.69) is 10.2 Å². The summed E-state index contributed by atoms with van der Waals surface area (Å²) < 4.78 is 0. The van der Waals surface area contributed by atoms with Crippen LogP contribution in [0, 0.1) is 0 Å². The predicted octanol–water partition coefficient (Wildman–Crippen LogP) is 1.82. The molecule has 4 nitrogen and oxygen atoms in total. The number of primary amides is 1. The largest absolute Gasteiger partial charge is 0.368 e. The zero-order chi connectivity index (χ0) is 13.8. The van der Waals surface area contributed by atoms with Crippen molar-refractivity contribution in [1.29, 1.82) is 0 Å². The first-order valence-electron chi connectivity index (χ1n) is 6.29. The highest BCUT2D eigenvalue weighted by molar-refractivity contribution is 6.42. The average Bonchev–Trinajstić information content (AvgIpc) is 2.63. The zero-order valence-electron chi connectivity index (χ0n) is 10.5. The van der Waals surface area contributed by atoms with Gasteiger partial charge in [-0.3, -0.25) is 9.69 Å². The van der Waals surface area contributed by atoms with Crippen LogP contribution >= 0.6 is 23.2 Å². The van der Waals surface area contributed by atoms with Gasteiger partial charge in [0.25, 0.3) is 0 Å². The lowest BCUT2D eigenvalue weighted by molar-refractivity contribution is -0.123. The fourth-order valence-corrected chi connectivity index (χ4v) is 2.80. The van der Waals surface area contributed by atoms with Crippen molar-refractivity contribution in [2.75, 3.05) is 26.2 Å². The maximum atomic E-state index is 11.8. The maximum Gasteiger partial charge on any atom is 0.239 e. The topological polar surface area (TPSA) is 58.4 Å². The molecule has 2 rings (SSSR count). The molecule has 104 valence electrons. The van der Waals surface area contributed by atoms with Gasteiger partial charge in [0.15, 0.2) is 0 Å². The predicted molar refractivity (Wildman–Crippen MR) is 77.5 cm³/mol. The first-order chi connectivity index (χ1) is 9.11. The van der Waals surface area contributed by atoms with Crippen molar-refractivity contribution in [1.82, 2.24) is 10.2 Å². The number of halogens is 2. The number of carbonyl (C=O) groups is 1. The van der Waals surface area contributed by atoms with Crippen molar-refractivity contribution >= 4 is 29.1 Å². The third-order valence-electron chi connectivity index (χ3n) is 3.29. The monoisotopic (exact) mass is 301 g/mol. The van der Waals surface area contributed by atoms with Crippen LogP contribution in [0.15, 0.2) is 18.2 Å². The Morgan fingerprint density at radius 2 is 2.11 bits per heavy atom. The molecule has 19 heavy (non-hydrogen) atoms. The van der Waals surface area contributed by atoms with Crippen LogP contribution in [0.1, 0.15) is 18.0 Å². The second kappa shape index (κ2) is 6.57. The van der Waals surface area contributed by atoms with Crippen LogP contribution in [0.3, 0.4) is 0 Å². The molecule has 3 N–H and O–H groups in total. The quantitative estimate of drug-likeness (QED) is 0.895. The molecule has 1 heterocycles. The average molecular weight is 302 g/mol. The van der Waals surface area contributed by atoms with Crippen LogP contribution in [-0.2, 0) is 4.79 Å². The highest BCUT2D eigenvalue weighted by Gasteiger charge is 2.28. The molecule has 0 bridgehead atoms. The zero-order valence-corrected chi connectivity index (χ0v) is 12.0. The standard InChI is InChI=1S/C13H17Cl2N3O/c14-10-4-1-3-9(11(10)15)12(13(16)19)18-7-2-5-17-6-8-18/h1,3-4,12,17H,2,5-8H2,(H2,16,19). The van der Waals surface area contributed by atoms with Gasteiger partial charge in [-0.15, -0.1) is 0 Å². The van der Waals surface area contributed by atoms with E-state index in [0.29, 0.717) is 15.6 Å². The van der Waals surface area contributed by atoms with Gasteiger partial charge in [-0.2, -0.15) is 0 Å². The molecule has 0 radical (unpaired) electrons. The van der Waals surface area contributed by atoms with Crippen molar-refractivity contribution in [2.45, 2.75) is 12.5 Å². The Morgan fingerprint density at radius 3 is 2.84 bits per heavy atom. The van der Waals surface area contributed by atoms with E-state index in [1.54, 1.807) is 12.1 Å². The van der Waals surface area contributed by atoms with Crippen LogP contribution in [0.25, 0.3) is 0 Å². The summed E-state index contributed by atoms with van der Waals surface area (Å²) in [5, 5.41) is 4.15. The molecular weight excluding hydrogens is 285 g/mol. The Balaban J connectivity index is 2.33. The van der Waals surface area contributed by atoms with Crippen molar-refractivity contribution in [3.63, 3.8) is 0 Å². The number of hydrogen-bond acceptors (Lipinski definition) is 3. The van der Waals surface area contributed by atoms with E-state index in [1.165, 1.54) is 0 Å². The summed E-state index contributed by atoms with van der Waals surface area (Å²) in [6.45, 7) is 3.35. The van der Waals surface area contributed by atoms with Crippen molar-refractivity contribution < 1.29 is 4.79 Å². The van der Waals surface area contributed by atoms with E-state index >= 15 is 0 Å². The van der Waals surface area contributed by atoms with Gasteiger partial charge in [0.1, 0.15) is 6.04 Å². The van der Waals surface area contributed by atoms with Gasteiger partial charge < -0.3 is 11.1 Å². The molecule has 1 aromatic carbocycles. The van der Waals surface area contributed by atoms with Crippen molar-refractivity contribution in [3.8, 4) is 0 Å². The van der Waals surface area contributed by atoms with Gasteiger partial charge >= 0.3 is 0 Å². The highest BCUT2D eigenvalue weighted by atomic mass is 35.5. The summed E-state index contributed by atoms with van der Waals surface area (Å²) in [6.07, 6.45) is 0.974. The number of carbonyl (C=O) groups excluding carboxylic acids is 1. The molecular formula is C13H17Cl2N3O. The minimum Gasteiger partial charge on any atom is -0.368 e. The smallest absolute Gasteiger partial charge is 0.239 e. The summed E-state index contributed by atoms with van der Waals surface area (Å²) in [6, 6.07) is 4.78. The van der Waals surface area contributed by atoms with Gasteiger partial charge in [0.2, 0.25) is 5.91 Å². The van der Waals surface area contributed by atoms with Crippen molar-refractivity contribution in [2.24, 2.45) is 5.73 Å². The number of amides is 1. The minimum atomic E-state index is -0.522. The lowest BCUT2D eigenvalue weighted by atomic mass is 10.0. The van der Waals surface area contributed by atoms with E-state index in [4.69, 9.17) is 28.9 Å². The Bertz CT molecular complexity index is 459. The second-order valence-corrected chi connectivity index (χ2v) is 5.37. The second-order valence-electron chi connectivity index (χ2n) is 4.59. The molecule has 6 heteroatoms. The van der Waals surface area contributed by atoms with Crippen LogP contribution in [0.2, 0.25) is 10.0 Å². The first-order valence-corrected chi connectivity index (χ1v) is 7.05. The SMILES string of the molecule is NC(=O)C(c1cccc(Cl)c1Cl)N1CCCNCC1. The molecule has 1 aliphatic rings. The minimum absolute atomic E-state index is 0.397. The summed E-state index contributed by atoms with van der Waals surface area (Å²) in [5.74, 6) is -0.397. The Kier molecular flexibility index (Phi) is 5.05. The third kappa shape index (κ3) is 3.39. The molecule has 1 aliphatic heterocycles. The molecule has 0 aromatic heterocycles. The summed E-state index contributed by atoms with van der Waals surface area (Å²) in [4.78, 5) is 13.9. The Morgan fingerprint density at radius 1 is 1.32 bits per heavy atom. The van der Waals surface area contributed by atoms with Gasteiger partial charge in [-0.05, 0) is 24.6 Å². The summed E-state index contributed by atoms with van der Waals surface area (Å²) >= 11 is 12.2. The van der Waals surface area contributed by atoms with Gasteiger partial charge in [0.05, 0.1) is 10.0 Å². The molecule has 0 spiro atoms. The molecule has 0 saturated carbocycles. The van der Waals surface area contributed by atoms with Gasteiger partial charge in [0, 0.05) is 19.6 Å². The van der Waals surface area contributed by atoms with Gasteiger partial charge in [-0.25, -0.2) is 0 Å². The molecule has 1 amide bonds. The summed E-state index contributed by atoms with van der Waals surface area (Å²) in [5.41, 5.74) is 6.25. The van der Waals surface area contributed by atoms with Crippen LogP contribution in [0.4, 0.5) is 0 Å². The fourth-order valence-electron chi connectivity index (χ4n) is 2.39. The van der Waals surface area contributed by atoms with E-state index in [1.807, 2.05) is 6.07 Å². The molecule has 1 aromatic rings. The Labute approximate surface area is 122 Å². The number of rotatable bonds is 3. The normalized spacial score (nSPS) is 18.8. The molecule has 1 unspecified atom stereocenters. The number of nitrogens with one attached hydrogen (secondary N) is 1. The van der Waals surface area contributed by atoms with E-state index < -0.39 is 11.9 Å². The van der Waals surface area contributed by atoms with E-state index in [-0.39, 0.29) is 0 Å². The number of benzene rings is 1. The lowest BCUT2D eigenvalue weighted by Crippen LogP contribution is -2.40. The first kappa shape index (κ1) is 14.6.